The third kappa shape index (κ3) is 1.46. The molecule has 22 heavy (non-hydrogen) atoms. The summed E-state index contributed by atoms with van der Waals surface area (Å²) in [5, 5.41) is 15.1. The summed E-state index contributed by atoms with van der Waals surface area (Å²) in [4.78, 5) is 0. The van der Waals surface area contributed by atoms with Gasteiger partial charge in [0, 0.05) is 17.5 Å². The van der Waals surface area contributed by atoms with Crippen molar-refractivity contribution in [2.75, 3.05) is 0 Å². The van der Waals surface area contributed by atoms with E-state index in [2.05, 4.69) is 46.9 Å². The molecule has 0 aromatic rings. The molecule has 126 valence electrons. The average molecular weight is 306 g/mol. The Morgan fingerprint density at radius 3 is 1.95 bits per heavy atom. The minimum absolute atomic E-state index is 0.101. The Bertz CT molecular complexity index is 498. The first-order valence-electron chi connectivity index (χ1n) is 9.50. The van der Waals surface area contributed by atoms with Crippen LogP contribution in [-0.2, 0) is 0 Å². The lowest BCUT2D eigenvalue weighted by Gasteiger charge is -2.43. The molecule has 2 N–H and O–H groups in total. The van der Waals surface area contributed by atoms with Gasteiger partial charge >= 0.3 is 0 Å². The molecule has 0 aromatic heterocycles. The van der Waals surface area contributed by atoms with Crippen LogP contribution in [0.3, 0.4) is 0 Å². The highest BCUT2D eigenvalue weighted by atomic mass is 16.3. The maximum atomic E-state index is 11.1. The van der Waals surface area contributed by atoms with Gasteiger partial charge in [-0.1, -0.05) is 41.5 Å². The number of fused-ring (bicyclic) bond motifs is 4. The normalized spacial score (nSPS) is 57.7. The van der Waals surface area contributed by atoms with Crippen molar-refractivity contribution in [3.05, 3.63) is 0 Å². The predicted molar refractivity (Wildman–Crippen MR) is 90.6 cm³/mol. The molecular weight excluding hydrogens is 270 g/mol. The maximum absolute atomic E-state index is 11.1. The lowest BCUT2D eigenvalue weighted by molar-refractivity contribution is -0.00698. The fourth-order valence-electron chi connectivity index (χ4n) is 7.23. The summed E-state index contributed by atoms with van der Waals surface area (Å²) in [5.41, 5.74) is 1.22. The average Bonchev–Trinajstić information content (AvgIpc) is 2.92. The second-order valence-corrected chi connectivity index (χ2v) is 10.6. The highest BCUT2D eigenvalue weighted by Gasteiger charge is 2.68. The molecule has 0 heterocycles. The van der Waals surface area contributed by atoms with Crippen molar-refractivity contribution in [3.63, 3.8) is 0 Å². The Labute approximate surface area is 136 Å². The molecule has 0 aromatic carbocycles. The van der Waals surface area contributed by atoms with Crippen LogP contribution >= 0.6 is 0 Å². The lowest BCUT2D eigenvalue weighted by Crippen LogP contribution is -2.55. The minimum atomic E-state index is -0.174. The second-order valence-electron chi connectivity index (χ2n) is 10.6. The third-order valence-corrected chi connectivity index (χ3v) is 9.99. The van der Waals surface area contributed by atoms with Gasteiger partial charge < -0.3 is 10.4 Å². The second kappa shape index (κ2) is 4.11. The summed E-state index contributed by atoms with van der Waals surface area (Å²) < 4.78 is 0. The monoisotopic (exact) mass is 305 g/mol. The van der Waals surface area contributed by atoms with Gasteiger partial charge in [-0.15, -0.1) is 0 Å². The molecule has 0 saturated heterocycles. The summed E-state index contributed by atoms with van der Waals surface area (Å²) in [6, 6.07) is 0.908. The summed E-state index contributed by atoms with van der Waals surface area (Å²) in [5.74, 6) is 1.51. The molecule has 0 amide bonds. The summed E-state index contributed by atoms with van der Waals surface area (Å²) in [6.07, 6.45) is 6.38. The first-order chi connectivity index (χ1) is 10.1. The zero-order chi connectivity index (χ0) is 16.1. The van der Waals surface area contributed by atoms with Gasteiger partial charge in [0.25, 0.3) is 0 Å². The smallest absolute Gasteiger partial charge is 0.0754 e. The molecule has 0 aliphatic heterocycles. The van der Waals surface area contributed by atoms with E-state index in [9.17, 15) is 5.11 Å². The van der Waals surface area contributed by atoms with Crippen molar-refractivity contribution in [1.82, 2.24) is 5.32 Å². The van der Waals surface area contributed by atoms with E-state index in [4.69, 9.17) is 0 Å². The maximum Gasteiger partial charge on any atom is 0.0754 e. The van der Waals surface area contributed by atoms with Crippen molar-refractivity contribution in [2.45, 2.75) is 91.8 Å². The number of rotatable bonds is 2. The fraction of sp³-hybridized carbons (Fsp3) is 1.00. The molecule has 7 atom stereocenters. The topological polar surface area (TPSA) is 32.3 Å². The zero-order valence-electron chi connectivity index (χ0n) is 15.4. The van der Waals surface area contributed by atoms with Gasteiger partial charge in [0.2, 0.25) is 0 Å². The van der Waals surface area contributed by atoms with Crippen molar-refractivity contribution >= 4 is 0 Å². The molecule has 4 fully saturated rings. The highest BCUT2D eigenvalue weighted by molar-refractivity contribution is 5.20. The summed E-state index contributed by atoms with van der Waals surface area (Å²) in [6.45, 7) is 14.6. The Kier molecular flexibility index (Phi) is 2.89. The molecule has 4 aliphatic carbocycles. The largest absolute Gasteiger partial charge is 0.391 e. The van der Waals surface area contributed by atoms with E-state index < -0.39 is 0 Å². The molecular formula is C20H35NO. The predicted octanol–water partition coefficient (Wildman–Crippen LogP) is 3.98. The van der Waals surface area contributed by atoms with Gasteiger partial charge in [-0.05, 0) is 60.2 Å². The van der Waals surface area contributed by atoms with Gasteiger partial charge in [-0.2, -0.15) is 0 Å². The molecule has 0 radical (unpaired) electrons. The van der Waals surface area contributed by atoms with Crippen LogP contribution < -0.4 is 5.32 Å². The van der Waals surface area contributed by atoms with E-state index in [1.54, 1.807) is 0 Å². The van der Waals surface area contributed by atoms with E-state index in [0.717, 1.165) is 5.92 Å². The van der Waals surface area contributed by atoms with Crippen LogP contribution in [0.5, 0.6) is 0 Å². The molecule has 4 aliphatic rings. The molecule has 4 bridgehead atoms. The molecule has 4 rings (SSSR count). The number of aliphatic hydroxyl groups is 1. The number of hydrogen-bond acceptors (Lipinski definition) is 2. The first-order valence-corrected chi connectivity index (χ1v) is 9.50. The van der Waals surface area contributed by atoms with Gasteiger partial charge in [-0.3, -0.25) is 0 Å². The van der Waals surface area contributed by atoms with Gasteiger partial charge in [0.1, 0.15) is 0 Å². The standard InChI is InChI=1S/C20H35NO/c1-17(2)12-7-9-19(17,5)14(11-12)21-15-13-8-10-20(6,16(15)22)18(13,3)4/h12-16,21-22H,7-11H2,1-6H3/t12-,13-,14-,15-,16-,19+,20+/m1/s1. The molecule has 2 heteroatoms. The van der Waals surface area contributed by atoms with Crippen LogP contribution in [0.1, 0.15) is 73.6 Å². The highest BCUT2D eigenvalue weighted by Crippen LogP contribution is 2.68. The van der Waals surface area contributed by atoms with Crippen molar-refractivity contribution in [1.29, 1.82) is 0 Å². The van der Waals surface area contributed by atoms with E-state index in [0.29, 0.717) is 28.8 Å². The molecule has 0 spiro atoms. The van der Waals surface area contributed by atoms with Crippen LogP contribution in [0.25, 0.3) is 0 Å². The fourth-order valence-corrected chi connectivity index (χ4v) is 7.23. The third-order valence-electron chi connectivity index (χ3n) is 9.99. The molecule has 0 unspecified atom stereocenters. The Hall–Kier alpha value is -0.0800. The van der Waals surface area contributed by atoms with Crippen LogP contribution in [-0.4, -0.2) is 23.3 Å². The Balaban J connectivity index is 1.59. The van der Waals surface area contributed by atoms with Crippen molar-refractivity contribution < 1.29 is 5.11 Å². The van der Waals surface area contributed by atoms with Crippen LogP contribution in [0.4, 0.5) is 0 Å². The van der Waals surface area contributed by atoms with E-state index in [1.807, 2.05) is 0 Å². The summed E-state index contributed by atoms with van der Waals surface area (Å²) >= 11 is 0. The van der Waals surface area contributed by atoms with Crippen LogP contribution in [0.15, 0.2) is 0 Å². The van der Waals surface area contributed by atoms with Crippen molar-refractivity contribution in [2.24, 2.45) is 33.5 Å². The van der Waals surface area contributed by atoms with Crippen LogP contribution in [0, 0.1) is 33.5 Å². The number of hydrogen-bond donors (Lipinski definition) is 2. The SMILES string of the molecule is CC1(C)[C@@H]2CC[C@@]1(C)[C@H](O)[C@@H]2N[C@@H]1C[C@H]2CC[C@]1(C)C2(C)C. The molecule has 2 nitrogen and oxygen atoms in total. The van der Waals surface area contributed by atoms with E-state index in [-0.39, 0.29) is 16.9 Å². The van der Waals surface area contributed by atoms with E-state index in [1.165, 1.54) is 32.1 Å². The number of nitrogens with one attached hydrogen (secondary N) is 1. The van der Waals surface area contributed by atoms with Gasteiger partial charge in [-0.25, -0.2) is 0 Å². The van der Waals surface area contributed by atoms with Gasteiger partial charge in [0.05, 0.1) is 6.10 Å². The number of aliphatic hydroxyl groups excluding tert-OH is 1. The zero-order valence-corrected chi connectivity index (χ0v) is 15.4. The van der Waals surface area contributed by atoms with Crippen molar-refractivity contribution in [3.8, 4) is 0 Å². The quantitative estimate of drug-likeness (QED) is 0.809. The molecule has 4 saturated carbocycles. The minimum Gasteiger partial charge on any atom is -0.391 e. The van der Waals surface area contributed by atoms with E-state index >= 15 is 0 Å². The Morgan fingerprint density at radius 1 is 0.864 bits per heavy atom. The first kappa shape index (κ1) is 15.4. The lowest BCUT2D eigenvalue weighted by atomic mass is 9.69. The van der Waals surface area contributed by atoms with Crippen LogP contribution in [0.2, 0.25) is 0 Å². The van der Waals surface area contributed by atoms with Gasteiger partial charge in [0.15, 0.2) is 0 Å². The summed E-state index contributed by atoms with van der Waals surface area (Å²) in [7, 11) is 0. The Morgan fingerprint density at radius 2 is 1.50 bits per heavy atom.